The molecule has 2 aromatic carbocycles. The third-order valence-corrected chi connectivity index (χ3v) is 5.11. The number of amides is 1. The first-order valence-electron chi connectivity index (χ1n) is 8.85. The van der Waals surface area contributed by atoms with E-state index in [1.165, 1.54) is 17.4 Å². The molecule has 3 N–H and O–H groups in total. The average Bonchev–Trinajstić information content (AvgIpc) is 3.33. The van der Waals surface area contributed by atoms with Crippen molar-refractivity contribution in [3.05, 3.63) is 57.7 Å². The van der Waals surface area contributed by atoms with E-state index in [0.29, 0.717) is 28.4 Å². The molecule has 0 saturated carbocycles. The molecule has 9 heteroatoms. The molecule has 1 aliphatic heterocycles. The number of thiazole rings is 1. The maximum absolute atomic E-state index is 11.6. The largest absolute Gasteiger partial charge is 0.507 e. The Bertz CT molecular complexity index is 1180. The second-order valence-corrected chi connectivity index (χ2v) is 6.98. The SMILES string of the molecule is CCN=c1scc(-c2ccc(O)c(C(N)=O)c2)n1/N=C/c1ccc2c(c1)OCO2. The van der Waals surface area contributed by atoms with Crippen molar-refractivity contribution >= 4 is 23.5 Å². The first-order chi connectivity index (χ1) is 14.1. The number of hydrogen-bond donors (Lipinski definition) is 2. The molecule has 1 aromatic heterocycles. The molecule has 0 radical (unpaired) electrons. The van der Waals surface area contributed by atoms with Crippen LogP contribution < -0.4 is 20.0 Å². The van der Waals surface area contributed by atoms with E-state index in [4.69, 9.17) is 15.2 Å². The topological polar surface area (TPSA) is 111 Å². The number of carbonyl (C=O) groups excluding carboxylic acids is 1. The molecular formula is C20H18N4O4S. The number of nitrogens with zero attached hydrogens (tertiary/aromatic N) is 3. The second kappa shape index (κ2) is 7.80. The highest BCUT2D eigenvalue weighted by Crippen LogP contribution is 2.32. The van der Waals surface area contributed by atoms with Gasteiger partial charge in [-0.3, -0.25) is 9.79 Å². The second-order valence-electron chi connectivity index (χ2n) is 6.14. The van der Waals surface area contributed by atoms with Gasteiger partial charge < -0.3 is 20.3 Å². The maximum Gasteiger partial charge on any atom is 0.252 e. The molecule has 3 aromatic rings. The molecule has 1 aliphatic rings. The van der Waals surface area contributed by atoms with E-state index in [0.717, 1.165) is 11.3 Å². The van der Waals surface area contributed by atoms with E-state index in [1.54, 1.807) is 23.0 Å². The van der Waals surface area contributed by atoms with Crippen molar-refractivity contribution in [1.29, 1.82) is 0 Å². The van der Waals surface area contributed by atoms with Crippen molar-refractivity contribution in [3.8, 4) is 28.5 Å². The summed E-state index contributed by atoms with van der Waals surface area (Å²) < 4.78 is 12.4. The van der Waals surface area contributed by atoms with Gasteiger partial charge in [-0.05, 0) is 48.9 Å². The zero-order valence-corrected chi connectivity index (χ0v) is 16.3. The molecular weight excluding hydrogens is 392 g/mol. The number of ether oxygens (including phenoxy) is 2. The molecule has 0 aliphatic carbocycles. The van der Waals surface area contributed by atoms with E-state index in [2.05, 4.69) is 10.1 Å². The van der Waals surface area contributed by atoms with Crippen LogP contribution in [0.1, 0.15) is 22.8 Å². The number of nitrogens with two attached hydrogens (primary N) is 1. The number of benzene rings is 2. The lowest BCUT2D eigenvalue weighted by molar-refractivity contribution is 0.0998. The quantitative estimate of drug-likeness (QED) is 0.630. The van der Waals surface area contributed by atoms with Gasteiger partial charge in [-0.2, -0.15) is 5.10 Å². The van der Waals surface area contributed by atoms with Gasteiger partial charge in [0.2, 0.25) is 11.6 Å². The van der Waals surface area contributed by atoms with Crippen LogP contribution in [0.25, 0.3) is 11.3 Å². The van der Waals surface area contributed by atoms with Crippen LogP contribution in [-0.4, -0.2) is 35.2 Å². The van der Waals surface area contributed by atoms with E-state index >= 15 is 0 Å². The van der Waals surface area contributed by atoms with E-state index < -0.39 is 5.91 Å². The lowest BCUT2D eigenvalue weighted by Gasteiger charge is -2.06. The van der Waals surface area contributed by atoms with Crippen LogP contribution in [0.2, 0.25) is 0 Å². The summed E-state index contributed by atoms with van der Waals surface area (Å²) in [5.74, 6) is 0.516. The number of carbonyl (C=O) groups is 1. The molecule has 0 unspecified atom stereocenters. The number of phenols is 1. The van der Waals surface area contributed by atoms with Gasteiger partial charge in [0.05, 0.1) is 17.5 Å². The van der Waals surface area contributed by atoms with Crippen LogP contribution in [0.4, 0.5) is 0 Å². The Kier molecular flexibility index (Phi) is 5.05. The standard InChI is InChI=1S/C20H18N4O4S/c1-2-22-20-24(23-9-12-3-6-17-18(7-12)28-11-27-17)15(10-29-20)13-4-5-16(25)14(8-13)19(21)26/h3-10,25H,2,11H2,1H3,(H2,21,26)/b22-20?,23-9+. The predicted molar refractivity (Wildman–Crippen MR) is 110 cm³/mol. The Morgan fingerprint density at radius 1 is 1.28 bits per heavy atom. The fraction of sp³-hybridized carbons (Fsp3) is 0.150. The van der Waals surface area contributed by atoms with Gasteiger partial charge in [0.25, 0.3) is 5.91 Å². The monoisotopic (exact) mass is 410 g/mol. The smallest absolute Gasteiger partial charge is 0.252 e. The van der Waals surface area contributed by atoms with Crippen LogP contribution >= 0.6 is 11.3 Å². The summed E-state index contributed by atoms with van der Waals surface area (Å²) in [6, 6.07) is 10.2. The minimum atomic E-state index is -0.701. The molecule has 0 fully saturated rings. The Morgan fingerprint density at radius 2 is 2.10 bits per heavy atom. The van der Waals surface area contributed by atoms with Gasteiger partial charge in [-0.15, -0.1) is 11.3 Å². The number of hydrogen-bond acceptors (Lipinski definition) is 7. The van der Waals surface area contributed by atoms with Crippen molar-refractivity contribution in [3.63, 3.8) is 0 Å². The van der Waals surface area contributed by atoms with Crippen molar-refractivity contribution in [2.45, 2.75) is 6.92 Å². The average molecular weight is 410 g/mol. The van der Waals surface area contributed by atoms with Gasteiger partial charge in [0.1, 0.15) is 5.75 Å². The van der Waals surface area contributed by atoms with Gasteiger partial charge in [0.15, 0.2) is 11.5 Å². The molecule has 0 atom stereocenters. The fourth-order valence-corrected chi connectivity index (χ4v) is 3.77. The molecule has 0 saturated heterocycles. The highest BCUT2D eigenvalue weighted by Gasteiger charge is 2.14. The third-order valence-electron chi connectivity index (χ3n) is 4.26. The Labute approximate surface area is 170 Å². The number of fused-ring (bicyclic) bond motifs is 1. The molecule has 0 spiro atoms. The molecule has 4 rings (SSSR count). The number of rotatable bonds is 5. The number of aromatic hydroxyl groups is 1. The minimum absolute atomic E-state index is 0.0500. The maximum atomic E-state index is 11.6. The van der Waals surface area contributed by atoms with E-state index in [1.807, 2.05) is 30.5 Å². The fourth-order valence-electron chi connectivity index (χ4n) is 2.86. The van der Waals surface area contributed by atoms with Crippen LogP contribution in [0.15, 0.2) is 51.9 Å². The summed E-state index contributed by atoms with van der Waals surface area (Å²) in [4.78, 5) is 16.8. The Morgan fingerprint density at radius 3 is 2.90 bits per heavy atom. The number of primary amides is 1. The highest BCUT2D eigenvalue weighted by molar-refractivity contribution is 7.07. The predicted octanol–water partition coefficient (Wildman–Crippen LogP) is 2.55. The lowest BCUT2D eigenvalue weighted by Crippen LogP contribution is -2.13. The van der Waals surface area contributed by atoms with E-state index in [9.17, 15) is 9.90 Å². The summed E-state index contributed by atoms with van der Waals surface area (Å²) in [5, 5.41) is 16.3. The summed E-state index contributed by atoms with van der Waals surface area (Å²) >= 11 is 1.43. The van der Waals surface area contributed by atoms with Crippen molar-refractivity contribution in [2.75, 3.05) is 13.3 Å². The van der Waals surface area contributed by atoms with Gasteiger partial charge >= 0.3 is 0 Å². The molecule has 0 bridgehead atoms. The highest BCUT2D eigenvalue weighted by atomic mass is 32.1. The normalized spacial score (nSPS) is 13.3. The number of aromatic nitrogens is 1. The zero-order chi connectivity index (χ0) is 20.4. The zero-order valence-electron chi connectivity index (χ0n) is 15.5. The first kappa shape index (κ1) is 18.8. The Hall–Kier alpha value is -3.59. The van der Waals surface area contributed by atoms with Crippen LogP contribution in [-0.2, 0) is 0 Å². The van der Waals surface area contributed by atoms with Crippen LogP contribution in [0.3, 0.4) is 0 Å². The van der Waals surface area contributed by atoms with E-state index in [-0.39, 0.29) is 18.1 Å². The summed E-state index contributed by atoms with van der Waals surface area (Å²) in [7, 11) is 0. The van der Waals surface area contributed by atoms with Gasteiger partial charge in [-0.25, -0.2) is 4.68 Å². The molecule has 1 amide bonds. The molecule has 29 heavy (non-hydrogen) atoms. The summed E-state index contributed by atoms with van der Waals surface area (Å²) in [5.41, 5.74) is 7.66. The third kappa shape index (κ3) is 3.72. The van der Waals surface area contributed by atoms with Gasteiger partial charge in [0, 0.05) is 17.5 Å². The molecule has 8 nitrogen and oxygen atoms in total. The minimum Gasteiger partial charge on any atom is -0.507 e. The molecule has 148 valence electrons. The van der Waals surface area contributed by atoms with Crippen molar-refractivity contribution in [2.24, 2.45) is 15.8 Å². The first-order valence-corrected chi connectivity index (χ1v) is 9.73. The van der Waals surface area contributed by atoms with Crippen LogP contribution in [0.5, 0.6) is 17.2 Å². The van der Waals surface area contributed by atoms with Crippen molar-refractivity contribution in [1.82, 2.24) is 4.68 Å². The van der Waals surface area contributed by atoms with Crippen LogP contribution in [0, 0.1) is 0 Å². The summed E-state index contributed by atoms with van der Waals surface area (Å²) in [6.45, 7) is 2.75. The lowest BCUT2D eigenvalue weighted by atomic mass is 10.1. The summed E-state index contributed by atoms with van der Waals surface area (Å²) in [6.07, 6.45) is 1.70. The van der Waals surface area contributed by atoms with Crippen molar-refractivity contribution < 1.29 is 19.4 Å². The Balaban J connectivity index is 1.77. The van der Waals surface area contributed by atoms with Gasteiger partial charge in [-0.1, -0.05) is 0 Å². The molecule has 2 heterocycles.